The molecule has 2 aliphatic heterocycles. The molecule has 31 heavy (non-hydrogen) atoms. The van der Waals surface area contributed by atoms with E-state index < -0.39 is 6.10 Å². The molecule has 0 fully saturated rings. The van der Waals surface area contributed by atoms with E-state index in [1.807, 2.05) is 52.7 Å². The minimum Gasteiger partial charge on any atom is -0.480 e. The molecule has 6 rings (SSSR count). The van der Waals surface area contributed by atoms with Crippen LogP contribution in [0.4, 0.5) is 10.3 Å². The predicted octanol–water partition coefficient (Wildman–Crippen LogP) is 5.76. The van der Waals surface area contributed by atoms with Crippen molar-refractivity contribution in [2.24, 2.45) is 0 Å². The van der Waals surface area contributed by atoms with Crippen LogP contribution in [0.1, 0.15) is 28.1 Å². The van der Waals surface area contributed by atoms with Crippen LogP contribution in [0.15, 0.2) is 76.8 Å². The summed E-state index contributed by atoms with van der Waals surface area (Å²) in [4.78, 5) is 5.76. The highest BCUT2D eigenvalue weighted by Gasteiger charge is 2.42. The highest BCUT2D eigenvalue weighted by atomic mass is 32.2. The van der Waals surface area contributed by atoms with Gasteiger partial charge < -0.3 is 10.1 Å². The van der Waals surface area contributed by atoms with E-state index in [-0.39, 0.29) is 11.9 Å². The van der Waals surface area contributed by atoms with E-state index in [1.165, 1.54) is 17.8 Å². The molecule has 4 aromatic rings. The largest absolute Gasteiger partial charge is 0.480 e. The van der Waals surface area contributed by atoms with Crippen molar-refractivity contribution in [3.63, 3.8) is 0 Å². The Morgan fingerprint density at radius 1 is 1.10 bits per heavy atom. The summed E-state index contributed by atoms with van der Waals surface area (Å²) in [7, 11) is 0. The number of anilines is 1. The van der Waals surface area contributed by atoms with Crippen LogP contribution in [0.2, 0.25) is 0 Å². The van der Waals surface area contributed by atoms with Crippen LogP contribution in [0, 0.1) is 5.82 Å². The van der Waals surface area contributed by atoms with Crippen LogP contribution in [0.25, 0.3) is 5.70 Å². The second-order valence-electron chi connectivity index (χ2n) is 7.26. The molecule has 5 nitrogen and oxygen atoms in total. The zero-order valence-electron chi connectivity index (χ0n) is 16.4. The fraction of sp³-hybridized carbons (Fsp3) is 0.130. The van der Waals surface area contributed by atoms with Crippen LogP contribution < -0.4 is 10.1 Å². The molecular formula is C23H17FN4OS2. The lowest BCUT2D eigenvalue weighted by atomic mass is 9.87. The van der Waals surface area contributed by atoms with Crippen LogP contribution in [0.3, 0.4) is 0 Å². The third-order valence-electron chi connectivity index (χ3n) is 5.54. The van der Waals surface area contributed by atoms with E-state index in [1.54, 1.807) is 23.5 Å². The van der Waals surface area contributed by atoms with Crippen molar-refractivity contribution >= 4 is 34.7 Å². The number of nitrogens with one attached hydrogen (secondary N) is 1. The Hall–Kier alpha value is -3.10. The standard InChI is InChI=1S/C23H17FN4OS2/c1-30-23-26-22-25-19-14-8-3-5-10-16(14)29-21(13-7-2-4-9-15(13)24)18(19)20(28(22)27-23)17-11-6-12-31-17/h2-12,20-21H,1H3,(H,25,26,27)/t20-,21-/m0/s1. The average Bonchev–Trinajstić information content (AvgIpc) is 3.47. The van der Waals surface area contributed by atoms with E-state index in [0.29, 0.717) is 22.4 Å². The maximum atomic E-state index is 15.0. The molecule has 0 spiro atoms. The minimum absolute atomic E-state index is 0.252. The van der Waals surface area contributed by atoms with E-state index in [4.69, 9.17) is 9.84 Å². The van der Waals surface area contributed by atoms with Gasteiger partial charge in [0.25, 0.3) is 0 Å². The van der Waals surface area contributed by atoms with Crippen molar-refractivity contribution in [1.29, 1.82) is 0 Å². The molecule has 2 atom stereocenters. The number of benzene rings is 2. The van der Waals surface area contributed by atoms with E-state index >= 15 is 0 Å². The zero-order chi connectivity index (χ0) is 20.9. The predicted molar refractivity (Wildman–Crippen MR) is 121 cm³/mol. The van der Waals surface area contributed by atoms with Gasteiger partial charge in [0.2, 0.25) is 11.1 Å². The van der Waals surface area contributed by atoms with Gasteiger partial charge in [-0.1, -0.05) is 48.2 Å². The van der Waals surface area contributed by atoms with Crippen molar-refractivity contribution in [3.8, 4) is 5.75 Å². The van der Waals surface area contributed by atoms with Gasteiger partial charge in [0.1, 0.15) is 17.6 Å². The number of rotatable bonds is 3. The zero-order valence-corrected chi connectivity index (χ0v) is 18.1. The average molecular weight is 449 g/mol. The van der Waals surface area contributed by atoms with E-state index in [9.17, 15) is 4.39 Å². The van der Waals surface area contributed by atoms with Gasteiger partial charge in [-0.25, -0.2) is 9.07 Å². The fourth-order valence-electron chi connectivity index (χ4n) is 4.21. The van der Waals surface area contributed by atoms with Crippen LogP contribution in [-0.2, 0) is 0 Å². The second kappa shape index (κ2) is 7.25. The van der Waals surface area contributed by atoms with Gasteiger partial charge in [0, 0.05) is 21.6 Å². The molecule has 1 N–H and O–H groups in total. The lowest BCUT2D eigenvalue weighted by Gasteiger charge is -2.38. The molecule has 0 radical (unpaired) electrons. The van der Waals surface area contributed by atoms with Crippen LogP contribution >= 0.6 is 23.1 Å². The summed E-state index contributed by atoms with van der Waals surface area (Å²) >= 11 is 3.13. The van der Waals surface area contributed by atoms with Crippen molar-refractivity contribution in [1.82, 2.24) is 14.8 Å². The number of thiophene rings is 1. The molecule has 154 valence electrons. The number of hydrogen-bond donors (Lipinski definition) is 1. The van der Waals surface area contributed by atoms with Crippen molar-refractivity contribution in [2.75, 3.05) is 11.6 Å². The number of nitrogens with zero attached hydrogens (tertiary/aromatic N) is 3. The van der Waals surface area contributed by atoms with E-state index in [2.05, 4.69) is 16.4 Å². The summed E-state index contributed by atoms with van der Waals surface area (Å²) in [6, 6.07) is 18.5. The normalized spacial score (nSPS) is 19.2. The Morgan fingerprint density at radius 2 is 1.94 bits per heavy atom. The highest BCUT2D eigenvalue weighted by molar-refractivity contribution is 7.98. The summed E-state index contributed by atoms with van der Waals surface area (Å²) in [5, 5.41) is 10.9. The van der Waals surface area contributed by atoms with Gasteiger partial charge in [-0.3, -0.25) is 0 Å². The number of thioether (sulfide) groups is 1. The summed E-state index contributed by atoms with van der Waals surface area (Å²) in [6.07, 6.45) is 1.36. The van der Waals surface area contributed by atoms with E-state index in [0.717, 1.165) is 21.7 Å². The molecule has 8 heteroatoms. The van der Waals surface area contributed by atoms with Gasteiger partial charge in [-0.15, -0.1) is 16.4 Å². The Labute approximate surface area is 186 Å². The Kier molecular flexibility index (Phi) is 4.36. The van der Waals surface area contributed by atoms with Gasteiger partial charge in [-0.2, -0.15) is 4.98 Å². The smallest absolute Gasteiger partial charge is 0.227 e. The van der Waals surface area contributed by atoms with Gasteiger partial charge in [0.05, 0.1) is 5.70 Å². The third kappa shape index (κ3) is 2.90. The molecule has 2 aromatic carbocycles. The number of fused-ring (bicyclic) bond motifs is 3. The van der Waals surface area contributed by atoms with Crippen LogP contribution in [-0.4, -0.2) is 21.0 Å². The molecule has 0 saturated carbocycles. The number of ether oxygens (including phenoxy) is 1. The molecule has 0 aliphatic carbocycles. The third-order valence-corrected chi connectivity index (χ3v) is 7.01. The van der Waals surface area contributed by atoms with Crippen molar-refractivity contribution < 1.29 is 9.13 Å². The topological polar surface area (TPSA) is 52.0 Å². The summed E-state index contributed by atoms with van der Waals surface area (Å²) in [6.45, 7) is 0. The molecule has 0 bridgehead atoms. The number of para-hydroxylation sites is 1. The lowest BCUT2D eigenvalue weighted by molar-refractivity contribution is 0.218. The van der Waals surface area contributed by atoms with Crippen LogP contribution in [0.5, 0.6) is 5.75 Å². The molecule has 0 unspecified atom stereocenters. The quantitative estimate of drug-likeness (QED) is 0.404. The minimum atomic E-state index is -0.597. The van der Waals surface area contributed by atoms with Gasteiger partial charge >= 0.3 is 0 Å². The Balaban J connectivity index is 1.65. The lowest BCUT2D eigenvalue weighted by Crippen LogP contribution is -2.32. The first-order valence-corrected chi connectivity index (χ1v) is 11.9. The molecular weight excluding hydrogens is 431 g/mol. The summed E-state index contributed by atoms with van der Waals surface area (Å²) in [5.74, 6) is 1.09. The molecule has 4 heterocycles. The van der Waals surface area contributed by atoms with Gasteiger partial charge in [0.15, 0.2) is 6.10 Å². The molecule has 2 aliphatic rings. The molecule has 0 saturated heterocycles. The second-order valence-corrected chi connectivity index (χ2v) is 9.01. The van der Waals surface area contributed by atoms with Crippen molar-refractivity contribution in [3.05, 3.63) is 93.4 Å². The summed E-state index contributed by atoms with van der Waals surface area (Å²) in [5.41, 5.74) is 3.27. The maximum Gasteiger partial charge on any atom is 0.227 e. The number of aromatic nitrogens is 3. The van der Waals surface area contributed by atoms with Gasteiger partial charge in [-0.05, 0) is 35.9 Å². The Morgan fingerprint density at radius 3 is 2.74 bits per heavy atom. The monoisotopic (exact) mass is 448 g/mol. The maximum absolute atomic E-state index is 15.0. The Bertz CT molecular complexity index is 1310. The first-order valence-electron chi connectivity index (χ1n) is 9.80. The first kappa shape index (κ1) is 18.7. The number of hydrogen-bond acceptors (Lipinski definition) is 6. The highest BCUT2D eigenvalue weighted by Crippen LogP contribution is 2.51. The molecule has 0 amide bonds. The first-order chi connectivity index (χ1) is 15.2. The fourth-order valence-corrected chi connectivity index (χ4v) is 5.39. The van der Waals surface area contributed by atoms with Crippen molar-refractivity contribution in [2.45, 2.75) is 17.3 Å². The molecule has 2 aromatic heterocycles. The summed E-state index contributed by atoms with van der Waals surface area (Å²) < 4.78 is 23.3. The SMILES string of the molecule is CSc1nc2n(n1)[C@@H](c1cccs1)C1=C(N2)c2ccccc2O[C@H]1c1ccccc1F. The number of halogens is 1.